The second kappa shape index (κ2) is 9.98. The second-order valence-corrected chi connectivity index (χ2v) is 7.46. The van der Waals surface area contributed by atoms with Gasteiger partial charge in [-0.15, -0.1) is 0 Å². The van der Waals surface area contributed by atoms with E-state index in [1.807, 2.05) is 18.2 Å². The van der Waals surface area contributed by atoms with E-state index in [1.165, 1.54) is 6.07 Å². The van der Waals surface area contributed by atoms with Crippen LogP contribution in [0.2, 0.25) is 0 Å². The lowest BCUT2D eigenvalue weighted by Crippen LogP contribution is -2.45. The van der Waals surface area contributed by atoms with E-state index in [0.717, 1.165) is 25.9 Å². The van der Waals surface area contributed by atoms with Crippen LogP contribution in [0.1, 0.15) is 35.2 Å². The van der Waals surface area contributed by atoms with Crippen LogP contribution in [0.25, 0.3) is 0 Å². The Labute approximate surface area is 175 Å². The Morgan fingerprint density at radius 3 is 2.47 bits per heavy atom. The first-order valence-corrected chi connectivity index (χ1v) is 10.1. The highest BCUT2D eigenvalue weighted by Gasteiger charge is 2.22. The average molecular weight is 410 g/mol. The fourth-order valence-corrected chi connectivity index (χ4v) is 3.59. The van der Waals surface area contributed by atoms with Crippen molar-refractivity contribution in [1.29, 1.82) is 0 Å². The number of amides is 2. The van der Waals surface area contributed by atoms with Gasteiger partial charge in [0.15, 0.2) is 0 Å². The maximum atomic E-state index is 12.3. The van der Waals surface area contributed by atoms with Crippen LogP contribution in [0, 0.1) is 17.0 Å². The smallest absolute Gasteiger partial charge is 0.274 e. The van der Waals surface area contributed by atoms with Crippen molar-refractivity contribution in [2.75, 3.05) is 25.0 Å². The number of rotatable bonds is 7. The molecule has 3 rings (SSSR count). The van der Waals surface area contributed by atoms with E-state index in [1.54, 1.807) is 31.2 Å². The van der Waals surface area contributed by atoms with Crippen molar-refractivity contribution in [3.8, 4) is 0 Å². The van der Waals surface area contributed by atoms with Crippen LogP contribution in [0.3, 0.4) is 0 Å². The number of benzene rings is 2. The molecule has 0 saturated carbocycles. The molecule has 0 aliphatic carbocycles. The molecule has 1 aliphatic heterocycles. The number of carbonyl (C=O) groups excluding carboxylic acids is 2. The molecule has 2 N–H and O–H groups in total. The normalized spacial score (nSPS) is 14.8. The molecule has 1 saturated heterocycles. The molecule has 2 aromatic carbocycles. The topological polar surface area (TPSA) is 105 Å². The lowest BCUT2D eigenvalue weighted by Gasteiger charge is -2.32. The Morgan fingerprint density at radius 2 is 1.80 bits per heavy atom. The van der Waals surface area contributed by atoms with Crippen molar-refractivity contribution >= 4 is 23.2 Å². The van der Waals surface area contributed by atoms with Gasteiger partial charge in [0.05, 0.1) is 16.2 Å². The highest BCUT2D eigenvalue weighted by molar-refractivity contribution is 5.94. The van der Waals surface area contributed by atoms with Gasteiger partial charge in [0.25, 0.3) is 11.6 Å². The monoisotopic (exact) mass is 410 g/mol. The van der Waals surface area contributed by atoms with Crippen LogP contribution < -0.4 is 10.6 Å². The van der Waals surface area contributed by atoms with Gasteiger partial charge >= 0.3 is 0 Å². The lowest BCUT2D eigenvalue weighted by molar-refractivity contribution is -0.385. The first kappa shape index (κ1) is 21.4. The van der Waals surface area contributed by atoms with E-state index in [2.05, 4.69) is 15.5 Å². The van der Waals surface area contributed by atoms with Gasteiger partial charge in [-0.25, -0.2) is 0 Å². The SMILES string of the molecule is Cc1c(NC(=O)CCN2CCC(NC(=O)c3ccccc3)CC2)cccc1[N+](=O)[O-]. The molecule has 8 nitrogen and oxygen atoms in total. The van der Waals surface area contributed by atoms with E-state index < -0.39 is 4.92 Å². The molecule has 158 valence electrons. The average Bonchev–Trinajstić information content (AvgIpc) is 2.75. The number of likely N-dealkylation sites (tertiary alicyclic amines) is 1. The summed E-state index contributed by atoms with van der Waals surface area (Å²) < 4.78 is 0. The number of carbonyl (C=O) groups is 2. The van der Waals surface area contributed by atoms with Gasteiger partial charge in [0, 0.05) is 43.7 Å². The van der Waals surface area contributed by atoms with E-state index in [9.17, 15) is 19.7 Å². The summed E-state index contributed by atoms with van der Waals surface area (Å²) in [6, 6.07) is 14.0. The van der Waals surface area contributed by atoms with Gasteiger partial charge in [-0.05, 0) is 38.0 Å². The van der Waals surface area contributed by atoms with Gasteiger partial charge in [-0.1, -0.05) is 24.3 Å². The van der Waals surface area contributed by atoms with Crippen molar-refractivity contribution in [2.24, 2.45) is 0 Å². The van der Waals surface area contributed by atoms with Crippen LogP contribution in [0.15, 0.2) is 48.5 Å². The van der Waals surface area contributed by atoms with Crippen molar-refractivity contribution in [1.82, 2.24) is 10.2 Å². The zero-order valence-corrected chi connectivity index (χ0v) is 17.0. The molecule has 2 amide bonds. The molecule has 0 bridgehead atoms. The minimum absolute atomic E-state index is 0.00702. The summed E-state index contributed by atoms with van der Waals surface area (Å²) in [6.45, 7) is 3.85. The summed E-state index contributed by atoms with van der Waals surface area (Å²) in [4.78, 5) is 37.3. The highest BCUT2D eigenvalue weighted by atomic mass is 16.6. The number of piperidine rings is 1. The van der Waals surface area contributed by atoms with Crippen LogP contribution in [0.4, 0.5) is 11.4 Å². The Kier molecular flexibility index (Phi) is 7.13. The number of nitrogens with one attached hydrogen (secondary N) is 2. The number of hydrogen-bond donors (Lipinski definition) is 2. The summed E-state index contributed by atoms with van der Waals surface area (Å²) in [5.74, 6) is -0.223. The minimum Gasteiger partial charge on any atom is -0.349 e. The molecule has 1 aliphatic rings. The third kappa shape index (κ3) is 5.64. The van der Waals surface area contributed by atoms with Gasteiger partial charge in [0.1, 0.15) is 0 Å². The molecule has 30 heavy (non-hydrogen) atoms. The number of nitrogens with zero attached hydrogens (tertiary/aromatic N) is 2. The summed E-state index contributed by atoms with van der Waals surface area (Å²) in [5, 5.41) is 16.9. The first-order valence-electron chi connectivity index (χ1n) is 10.1. The molecule has 1 heterocycles. The fourth-order valence-electron chi connectivity index (χ4n) is 3.59. The van der Waals surface area contributed by atoms with Gasteiger partial charge in [0.2, 0.25) is 5.91 Å². The number of hydrogen-bond acceptors (Lipinski definition) is 5. The van der Waals surface area contributed by atoms with Crippen LogP contribution >= 0.6 is 0 Å². The number of nitro groups is 1. The third-order valence-corrected chi connectivity index (χ3v) is 5.39. The Hall–Kier alpha value is -3.26. The predicted octanol–water partition coefficient (Wildman–Crippen LogP) is 3.13. The van der Waals surface area contributed by atoms with Crippen molar-refractivity contribution in [3.05, 3.63) is 69.8 Å². The number of nitro benzene ring substituents is 1. The molecule has 0 radical (unpaired) electrons. The fraction of sp³-hybridized carbons (Fsp3) is 0.364. The van der Waals surface area contributed by atoms with E-state index in [-0.39, 0.29) is 23.5 Å². The molecular formula is C22H26N4O4. The lowest BCUT2D eigenvalue weighted by atomic mass is 10.0. The Balaban J connectivity index is 1.41. The van der Waals surface area contributed by atoms with Crippen LogP contribution in [-0.2, 0) is 4.79 Å². The van der Waals surface area contributed by atoms with Crippen molar-refractivity contribution in [3.63, 3.8) is 0 Å². The van der Waals surface area contributed by atoms with E-state index >= 15 is 0 Å². The number of anilines is 1. The molecular weight excluding hydrogens is 384 g/mol. The second-order valence-electron chi connectivity index (χ2n) is 7.46. The zero-order chi connectivity index (χ0) is 21.5. The standard InChI is InChI=1S/C22H26N4O4/c1-16-19(8-5-9-20(16)26(29)30)24-21(27)12-15-25-13-10-18(11-14-25)23-22(28)17-6-3-2-4-7-17/h2-9,18H,10-15H2,1H3,(H,23,28)(H,24,27). The van der Waals surface area contributed by atoms with Crippen molar-refractivity contribution in [2.45, 2.75) is 32.2 Å². The molecule has 0 spiro atoms. The third-order valence-electron chi connectivity index (χ3n) is 5.39. The quantitative estimate of drug-likeness (QED) is 0.539. The van der Waals surface area contributed by atoms with E-state index in [4.69, 9.17) is 0 Å². The van der Waals surface area contributed by atoms with Gasteiger partial charge < -0.3 is 15.5 Å². The minimum atomic E-state index is -0.453. The summed E-state index contributed by atoms with van der Waals surface area (Å²) >= 11 is 0. The maximum Gasteiger partial charge on any atom is 0.274 e. The Morgan fingerprint density at radius 1 is 1.10 bits per heavy atom. The highest BCUT2D eigenvalue weighted by Crippen LogP contribution is 2.25. The van der Waals surface area contributed by atoms with Crippen molar-refractivity contribution < 1.29 is 14.5 Å². The molecule has 1 fully saturated rings. The first-order chi connectivity index (χ1) is 14.4. The molecule has 0 aromatic heterocycles. The summed E-state index contributed by atoms with van der Waals surface area (Å²) in [6.07, 6.45) is 1.98. The molecule has 0 unspecified atom stereocenters. The molecule has 8 heteroatoms. The van der Waals surface area contributed by atoms with Gasteiger partial charge in [-0.2, -0.15) is 0 Å². The van der Waals surface area contributed by atoms with Crippen LogP contribution in [0.5, 0.6) is 0 Å². The summed E-state index contributed by atoms with van der Waals surface area (Å²) in [5.41, 5.74) is 1.57. The van der Waals surface area contributed by atoms with Gasteiger partial charge in [-0.3, -0.25) is 19.7 Å². The largest absolute Gasteiger partial charge is 0.349 e. The predicted molar refractivity (Wildman–Crippen MR) is 114 cm³/mol. The summed E-state index contributed by atoms with van der Waals surface area (Å²) in [7, 11) is 0. The molecule has 2 aromatic rings. The van der Waals surface area contributed by atoms with E-state index in [0.29, 0.717) is 29.8 Å². The zero-order valence-electron chi connectivity index (χ0n) is 17.0. The molecule has 0 atom stereocenters. The maximum absolute atomic E-state index is 12.3. The van der Waals surface area contributed by atoms with Crippen LogP contribution in [-0.4, -0.2) is 47.3 Å². The Bertz CT molecular complexity index is 909.